The van der Waals surface area contributed by atoms with Crippen LogP contribution >= 0.6 is 12.2 Å². The van der Waals surface area contributed by atoms with Crippen molar-refractivity contribution in [2.45, 2.75) is 18.5 Å². The molecule has 1 aromatic carbocycles. The van der Waals surface area contributed by atoms with E-state index in [1.807, 2.05) is 53.6 Å². The number of pyridine rings is 1. The number of carbonyl (C=O) groups excluding carboxylic acids is 1. The van der Waals surface area contributed by atoms with E-state index in [9.17, 15) is 9.90 Å². The zero-order valence-corrected chi connectivity index (χ0v) is 17.2. The maximum absolute atomic E-state index is 11.8. The summed E-state index contributed by atoms with van der Waals surface area (Å²) in [6.07, 6.45) is 3.95. The van der Waals surface area contributed by atoms with Crippen molar-refractivity contribution in [3.8, 4) is 11.4 Å². The number of aromatic hydroxyl groups is 1. The molecule has 0 saturated carbocycles. The third-order valence-electron chi connectivity index (χ3n) is 5.19. The Morgan fingerprint density at radius 3 is 2.70 bits per heavy atom. The van der Waals surface area contributed by atoms with Crippen LogP contribution in [0.25, 0.3) is 5.69 Å². The van der Waals surface area contributed by atoms with Gasteiger partial charge in [-0.3, -0.25) is 9.78 Å². The molecule has 1 fully saturated rings. The van der Waals surface area contributed by atoms with Gasteiger partial charge in [0.05, 0.1) is 31.3 Å². The molecule has 0 unspecified atom stereocenters. The third kappa shape index (κ3) is 3.86. The molecule has 0 spiro atoms. The van der Waals surface area contributed by atoms with E-state index >= 15 is 0 Å². The van der Waals surface area contributed by atoms with Crippen LogP contribution in [-0.2, 0) is 9.53 Å². The zero-order valence-electron chi connectivity index (χ0n) is 16.4. The predicted octanol–water partition coefficient (Wildman–Crippen LogP) is 3.11. The monoisotopic (exact) mass is 422 g/mol. The largest absolute Gasteiger partial charge is 0.508 e. The van der Waals surface area contributed by atoms with Gasteiger partial charge in [0.2, 0.25) is 0 Å². The molecule has 8 heteroatoms. The average molecular weight is 423 g/mol. The second-order valence-electron chi connectivity index (χ2n) is 6.97. The number of hydrogen-bond donors (Lipinski definition) is 2. The minimum Gasteiger partial charge on any atom is -0.508 e. The number of ether oxygens (including phenoxy) is 1. The van der Waals surface area contributed by atoms with Crippen molar-refractivity contribution in [2.24, 2.45) is 0 Å². The number of methoxy groups -OCH3 is 1. The molecular formula is C22H22N4O3S. The van der Waals surface area contributed by atoms with Crippen LogP contribution in [0.4, 0.5) is 0 Å². The third-order valence-corrected chi connectivity index (χ3v) is 5.55. The number of benzene rings is 1. The number of thiocarbonyl (C=S) groups is 1. The van der Waals surface area contributed by atoms with Gasteiger partial charge in [0.1, 0.15) is 5.75 Å². The molecule has 2 aromatic heterocycles. The lowest BCUT2D eigenvalue weighted by molar-refractivity contribution is -0.140. The van der Waals surface area contributed by atoms with E-state index in [0.717, 1.165) is 17.1 Å². The van der Waals surface area contributed by atoms with E-state index in [2.05, 4.69) is 14.9 Å². The molecule has 2 atom stereocenters. The highest BCUT2D eigenvalue weighted by Crippen LogP contribution is 2.39. The van der Waals surface area contributed by atoms with Gasteiger partial charge in [-0.05, 0) is 60.7 Å². The van der Waals surface area contributed by atoms with Gasteiger partial charge < -0.3 is 24.6 Å². The minimum atomic E-state index is -0.285. The standard InChI is InChI=1S/C22H22N4O3S/c1-29-19(28)11-14-26-21(20(24-22(26)30)17-5-2-3-12-23-17)18-6-4-13-25(18)15-7-9-16(27)10-8-15/h2-10,12-13,20-21,27H,11,14H2,1H3,(H,24,30)/t20-,21+/m1/s1. The first-order chi connectivity index (χ1) is 14.6. The minimum absolute atomic E-state index is 0.179. The van der Waals surface area contributed by atoms with Gasteiger partial charge in [-0.15, -0.1) is 0 Å². The van der Waals surface area contributed by atoms with Crippen molar-refractivity contribution in [1.29, 1.82) is 0 Å². The number of phenolic OH excluding ortho intramolecular Hbond substituents is 1. The van der Waals surface area contributed by atoms with E-state index < -0.39 is 0 Å². The van der Waals surface area contributed by atoms with Crippen LogP contribution in [0, 0.1) is 0 Å². The Kier molecular flexibility index (Phi) is 5.67. The van der Waals surface area contributed by atoms with Crippen LogP contribution < -0.4 is 5.32 Å². The van der Waals surface area contributed by atoms with Gasteiger partial charge in [-0.1, -0.05) is 6.07 Å². The van der Waals surface area contributed by atoms with Crippen molar-refractivity contribution in [3.05, 3.63) is 78.4 Å². The molecule has 3 heterocycles. The smallest absolute Gasteiger partial charge is 0.307 e. The van der Waals surface area contributed by atoms with Crippen molar-refractivity contribution in [1.82, 2.24) is 19.8 Å². The van der Waals surface area contributed by atoms with Crippen LogP contribution in [0.1, 0.15) is 29.9 Å². The summed E-state index contributed by atoms with van der Waals surface area (Å²) in [4.78, 5) is 18.3. The quantitative estimate of drug-likeness (QED) is 0.467. The normalized spacial score (nSPS) is 18.3. The van der Waals surface area contributed by atoms with E-state index in [0.29, 0.717) is 11.7 Å². The fourth-order valence-corrected chi connectivity index (χ4v) is 4.10. The van der Waals surface area contributed by atoms with E-state index in [4.69, 9.17) is 17.0 Å². The number of nitrogens with one attached hydrogen (secondary N) is 1. The summed E-state index contributed by atoms with van der Waals surface area (Å²) >= 11 is 5.63. The molecule has 4 rings (SSSR count). The molecule has 0 bridgehead atoms. The Morgan fingerprint density at radius 1 is 1.20 bits per heavy atom. The van der Waals surface area contributed by atoms with Gasteiger partial charge in [-0.25, -0.2) is 0 Å². The maximum Gasteiger partial charge on any atom is 0.307 e. The average Bonchev–Trinajstić information content (AvgIpc) is 3.37. The molecule has 1 saturated heterocycles. The van der Waals surface area contributed by atoms with Crippen molar-refractivity contribution >= 4 is 23.3 Å². The zero-order chi connectivity index (χ0) is 21.1. The summed E-state index contributed by atoms with van der Waals surface area (Å²) in [7, 11) is 1.38. The fraction of sp³-hybridized carbons (Fsp3) is 0.227. The summed E-state index contributed by atoms with van der Waals surface area (Å²) < 4.78 is 6.87. The van der Waals surface area contributed by atoms with Crippen molar-refractivity contribution in [3.63, 3.8) is 0 Å². The molecule has 3 aromatic rings. The first-order valence-electron chi connectivity index (χ1n) is 9.60. The number of nitrogens with zero attached hydrogens (tertiary/aromatic N) is 3. The molecule has 0 amide bonds. The summed E-state index contributed by atoms with van der Waals surface area (Å²) in [6, 6.07) is 16.5. The lowest BCUT2D eigenvalue weighted by atomic mass is 10.0. The number of phenols is 1. The number of esters is 1. The predicted molar refractivity (Wildman–Crippen MR) is 116 cm³/mol. The highest BCUT2D eigenvalue weighted by Gasteiger charge is 2.41. The maximum atomic E-state index is 11.8. The van der Waals surface area contributed by atoms with Gasteiger partial charge >= 0.3 is 5.97 Å². The summed E-state index contributed by atoms with van der Waals surface area (Å²) in [5.74, 6) is -0.0750. The fourth-order valence-electron chi connectivity index (χ4n) is 3.77. The van der Waals surface area contributed by atoms with E-state index in [1.165, 1.54) is 7.11 Å². The number of hydrogen-bond acceptors (Lipinski definition) is 5. The number of aromatic nitrogens is 2. The van der Waals surface area contributed by atoms with Crippen LogP contribution in [0.2, 0.25) is 0 Å². The molecule has 2 N–H and O–H groups in total. The van der Waals surface area contributed by atoms with Crippen LogP contribution in [0.15, 0.2) is 67.0 Å². The Balaban J connectivity index is 1.75. The Bertz CT molecular complexity index is 1040. The van der Waals surface area contributed by atoms with Crippen molar-refractivity contribution in [2.75, 3.05) is 13.7 Å². The highest BCUT2D eigenvalue weighted by atomic mass is 32.1. The van der Waals surface area contributed by atoms with Crippen molar-refractivity contribution < 1.29 is 14.6 Å². The lowest BCUT2D eigenvalue weighted by Gasteiger charge is -2.28. The van der Waals surface area contributed by atoms with Crippen LogP contribution in [0.3, 0.4) is 0 Å². The molecule has 7 nitrogen and oxygen atoms in total. The molecule has 1 aliphatic rings. The molecule has 30 heavy (non-hydrogen) atoms. The van der Waals surface area contributed by atoms with Crippen LogP contribution in [-0.4, -0.2) is 44.3 Å². The molecular weight excluding hydrogens is 400 g/mol. The first-order valence-corrected chi connectivity index (χ1v) is 10.0. The van der Waals surface area contributed by atoms with Crippen LogP contribution in [0.5, 0.6) is 5.75 Å². The Hall–Kier alpha value is -3.39. The second kappa shape index (κ2) is 8.54. The van der Waals surface area contributed by atoms with Gasteiger partial charge in [0, 0.05) is 30.3 Å². The van der Waals surface area contributed by atoms with E-state index in [1.54, 1.807) is 18.3 Å². The second-order valence-corrected chi connectivity index (χ2v) is 7.35. The summed E-state index contributed by atoms with van der Waals surface area (Å²) in [6.45, 7) is 0.424. The molecule has 154 valence electrons. The van der Waals surface area contributed by atoms with Gasteiger partial charge in [-0.2, -0.15) is 0 Å². The first kappa shape index (κ1) is 19.9. The van der Waals surface area contributed by atoms with E-state index in [-0.39, 0.29) is 30.2 Å². The Labute approximate surface area is 179 Å². The summed E-state index contributed by atoms with van der Waals surface area (Å²) in [5.41, 5.74) is 2.77. The topological polar surface area (TPSA) is 79.6 Å². The van der Waals surface area contributed by atoms with Gasteiger partial charge in [0.25, 0.3) is 0 Å². The molecule has 1 aliphatic heterocycles. The summed E-state index contributed by atoms with van der Waals surface area (Å²) in [5, 5.41) is 13.6. The van der Waals surface area contributed by atoms with Gasteiger partial charge in [0.15, 0.2) is 5.11 Å². The SMILES string of the molecule is COC(=O)CCN1C(=S)N[C@H](c2ccccn2)[C@@H]1c1cccn1-c1ccc(O)cc1. The molecule has 0 aliphatic carbocycles. The molecule has 0 radical (unpaired) electrons. The highest BCUT2D eigenvalue weighted by molar-refractivity contribution is 7.80. The Morgan fingerprint density at radius 2 is 2.00 bits per heavy atom. The number of carbonyl (C=O) groups is 1. The lowest BCUT2D eigenvalue weighted by Crippen LogP contribution is -2.32. The number of rotatable bonds is 6.